The molecule has 3 heteroatoms. The maximum atomic E-state index is 5.70. The van der Waals surface area contributed by atoms with Crippen molar-refractivity contribution in [2.45, 2.75) is 33.2 Å². The van der Waals surface area contributed by atoms with Gasteiger partial charge in [-0.15, -0.1) is 0 Å². The second kappa shape index (κ2) is 6.62. The van der Waals surface area contributed by atoms with Gasteiger partial charge in [-0.05, 0) is 44.5 Å². The highest BCUT2D eigenvalue weighted by atomic mass is 16.5. The molecule has 0 fully saturated rings. The molecule has 2 rings (SSSR count). The number of hydrogen-bond donors (Lipinski definition) is 1. The van der Waals surface area contributed by atoms with Crippen molar-refractivity contribution >= 4 is 0 Å². The lowest BCUT2D eigenvalue weighted by atomic mass is 9.99. The van der Waals surface area contributed by atoms with Crippen molar-refractivity contribution in [1.29, 1.82) is 0 Å². The maximum absolute atomic E-state index is 5.70. The Labute approximate surface area is 121 Å². The highest BCUT2D eigenvalue weighted by Crippen LogP contribution is 2.32. The van der Waals surface area contributed by atoms with Crippen molar-refractivity contribution in [2.75, 3.05) is 13.7 Å². The monoisotopic (exact) mass is 273 g/mol. The topological polar surface area (TPSA) is 34.4 Å². The summed E-state index contributed by atoms with van der Waals surface area (Å²) >= 11 is 0. The van der Waals surface area contributed by atoms with Gasteiger partial charge in [-0.1, -0.05) is 24.6 Å². The zero-order chi connectivity index (χ0) is 14.5. The molecule has 108 valence electrons. The first-order chi connectivity index (χ1) is 9.67. The summed E-state index contributed by atoms with van der Waals surface area (Å²) in [6.45, 7) is 7.25. The van der Waals surface area contributed by atoms with Crippen LogP contribution in [0.1, 0.15) is 41.8 Å². The molecule has 1 aromatic carbocycles. The molecule has 2 aromatic rings. The summed E-state index contributed by atoms with van der Waals surface area (Å²) < 4.78 is 11.2. The first-order valence-corrected chi connectivity index (χ1v) is 7.09. The van der Waals surface area contributed by atoms with Crippen molar-refractivity contribution in [3.05, 3.63) is 53.0 Å². The van der Waals surface area contributed by atoms with Gasteiger partial charge in [-0.3, -0.25) is 0 Å². The molecular formula is C17H23NO2. The Morgan fingerprint density at radius 3 is 2.65 bits per heavy atom. The van der Waals surface area contributed by atoms with Crippen LogP contribution >= 0.6 is 0 Å². The number of nitrogens with one attached hydrogen (secondary N) is 1. The van der Waals surface area contributed by atoms with Crippen LogP contribution in [0.15, 0.2) is 34.9 Å². The molecule has 20 heavy (non-hydrogen) atoms. The van der Waals surface area contributed by atoms with Gasteiger partial charge in [0.15, 0.2) is 0 Å². The van der Waals surface area contributed by atoms with Crippen LogP contribution in [0.4, 0.5) is 0 Å². The number of ether oxygens (including phenoxy) is 1. The number of hydrogen-bond acceptors (Lipinski definition) is 3. The van der Waals surface area contributed by atoms with E-state index in [2.05, 4.69) is 38.2 Å². The molecule has 0 amide bonds. The van der Waals surface area contributed by atoms with Crippen LogP contribution in [0.2, 0.25) is 0 Å². The summed E-state index contributed by atoms with van der Waals surface area (Å²) in [5.41, 5.74) is 3.49. The van der Waals surface area contributed by atoms with Gasteiger partial charge >= 0.3 is 0 Å². The summed E-state index contributed by atoms with van der Waals surface area (Å²) in [7, 11) is 1.71. The zero-order valence-corrected chi connectivity index (χ0v) is 12.7. The molecule has 0 saturated heterocycles. The molecule has 1 N–H and O–H groups in total. The zero-order valence-electron chi connectivity index (χ0n) is 12.7. The Kier molecular flexibility index (Phi) is 4.85. The van der Waals surface area contributed by atoms with E-state index in [1.165, 1.54) is 5.56 Å². The van der Waals surface area contributed by atoms with Gasteiger partial charge in [-0.25, -0.2) is 0 Å². The Morgan fingerprint density at radius 1 is 1.25 bits per heavy atom. The molecule has 1 aromatic heterocycles. The van der Waals surface area contributed by atoms with Crippen molar-refractivity contribution in [3.8, 4) is 5.75 Å². The number of methoxy groups -OCH3 is 1. The molecule has 0 aliphatic carbocycles. The van der Waals surface area contributed by atoms with Crippen LogP contribution < -0.4 is 10.1 Å². The minimum atomic E-state index is 0.0276. The van der Waals surface area contributed by atoms with Gasteiger partial charge in [0.25, 0.3) is 0 Å². The lowest BCUT2D eigenvalue weighted by Gasteiger charge is -2.21. The minimum absolute atomic E-state index is 0.0276. The molecule has 0 saturated carbocycles. The fourth-order valence-electron chi connectivity index (χ4n) is 2.39. The average Bonchev–Trinajstić information content (AvgIpc) is 2.86. The first kappa shape index (κ1) is 14.7. The van der Waals surface area contributed by atoms with Gasteiger partial charge in [0.2, 0.25) is 0 Å². The van der Waals surface area contributed by atoms with E-state index in [4.69, 9.17) is 9.15 Å². The molecule has 0 spiro atoms. The number of rotatable bonds is 6. The van der Waals surface area contributed by atoms with Crippen molar-refractivity contribution in [2.24, 2.45) is 0 Å². The highest BCUT2D eigenvalue weighted by molar-refractivity contribution is 5.43. The SMILES string of the molecule is CCCNC(c1cc(C)ccc1OC)c1occc1C. The van der Waals surface area contributed by atoms with Crippen LogP contribution in [0.25, 0.3) is 0 Å². The summed E-state index contributed by atoms with van der Waals surface area (Å²) in [6, 6.07) is 8.27. The van der Waals surface area contributed by atoms with Gasteiger partial charge in [0.05, 0.1) is 19.4 Å². The normalized spacial score (nSPS) is 12.4. The largest absolute Gasteiger partial charge is 0.496 e. The summed E-state index contributed by atoms with van der Waals surface area (Å²) in [6.07, 6.45) is 2.82. The van der Waals surface area contributed by atoms with Crippen LogP contribution in [0.5, 0.6) is 5.75 Å². The molecule has 0 radical (unpaired) electrons. The van der Waals surface area contributed by atoms with E-state index < -0.39 is 0 Å². The molecule has 0 bridgehead atoms. The predicted octanol–water partition coefficient (Wildman–Crippen LogP) is 3.99. The molecule has 1 unspecified atom stereocenters. The second-order valence-corrected chi connectivity index (χ2v) is 5.10. The van der Waals surface area contributed by atoms with Crippen LogP contribution in [-0.2, 0) is 0 Å². The second-order valence-electron chi connectivity index (χ2n) is 5.10. The minimum Gasteiger partial charge on any atom is -0.496 e. The van der Waals surface area contributed by atoms with Crippen LogP contribution in [-0.4, -0.2) is 13.7 Å². The standard InChI is InChI=1S/C17H23NO2/c1-5-9-18-16(17-13(3)8-10-20-17)14-11-12(2)6-7-15(14)19-4/h6-8,10-11,16,18H,5,9H2,1-4H3. The van der Waals surface area contributed by atoms with E-state index in [1.807, 2.05) is 12.1 Å². The maximum Gasteiger partial charge on any atom is 0.128 e. The lowest BCUT2D eigenvalue weighted by Crippen LogP contribution is -2.24. The highest BCUT2D eigenvalue weighted by Gasteiger charge is 2.22. The van der Waals surface area contributed by atoms with Gasteiger partial charge in [-0.2, -0.15) is 0 Å². The fourth-order valence-corrected chi connectivity index (χ4v) is 2.39. The van der Waals surface area contributed by atoms with Gasteiger partial charge in [0.1, 0.15) is 11.5 Å². The van der Waals surface area contributed by atoms with E-state index in [1.54, 1.807) is 13.4 Å². The molecular weight excluding hydrogens is 250 g/mol. The van der Waals surface area contributed by atoms with E-state index in [0.717, 1.165) is 35.6 Å². The van der Waals surface area contributed by atoms with Crippen LogP contribution in [0.3, 0.4) is 0 Å². The fraction of sp³-hybridized carbons (Fsp3) is 0.412. The smallest absolute Gasteiger partial charge is 0.128 e. The summed E-state index contributed by atoms with van der Waals surface area (Å²) in [4.78, 5) is 0. The average molecular weight is 273 g/mol. The Balaban J connectivity index is 2.46. The molecule has 0 aliphatic heterocycles. The van der Waals surface area contributed by atoms with Crippen molar-refractivity contribution < 1.29 is 9.15 Å². The predicted molar refractivity (Wildman–Crippen MR) is 81.3 cm³/mol. The lowest BCUT2D eigenvalue weighted by molar-refractivity contribution is 0.391. The molecule has 1 atom stereocenters. The number of aryl methyl sites for hydroxylation is 2. The van der Waals surface area contributed by atoms with Gasteiger partial charge in [0, 0.05) is 5.56 Å². The third kappa shape index (κ3) is 3.05. The number of furan rings is 1. The van der Waals surface area contributed by atoms with Crippen molar-refractivity contribution in [1.82, 2.24) is 5.32 Å². The van der Waals surface area contributed by atoms with Gasteiger partial charge < -0.3 is 14.5 Å². The van der Waals surface area contributed by atoms with E-state index in [-0.39, 0.29) is 6.04 Å². The Morgan fingerprint density at radius 2 is 2.05 bits per heavy atom. The summed E-state index contributed by atoms with van der Waals surface area (Å²) in [5, 5.41) is 3.56. The molecule has 1 heterocycles. The third-order valence-corrected chi connectivity index (χ3v) is 3.46. The van der Waals surface area contributed by atoms with Crippen molar-refractivity contribution in [3.63, 3.8) is 0 Å². The van der Waals surface area contributed by atoms with E-state index in [0.29, 0.717) is 0 Å². The van der Waals surface area contributed by atoms with E-state index in [9.17, 15) is 0 Å². The molecule has 0 aliphatic rings. The quantitative estimate of drug-likeness (QED) is 0.864. The van der Waals surface area contributed by atoms with Crippen LogP contribution in [0, 0.1) is 13.8 Å². The Hall–Kier alpha value is -1.74. The Bertz CT molecular complexity index is 560. The first-order valence-electron chi connectivity index (χ1n) is 7.09. The number of benzene rings is 1. The molecule has 3 nitrogen and oxygen atoms in total. The summed E-state index contributed by atoms with van der Waals surface area (Å²) in [5.74, 6) is 1.85. The van der Waals surface area contributed by atoms with E-state index >= 15 is 0 Å². The third-order valence-electron chi connectivity index (χ3n) is 3.46.